The molecule has 0 spiro atoms. The molecule has 0 bridgehead atoms. The van der Waals surface area contributed by atoms with Gasteiger partial charge in [-0.1, -0.05) is 0 Å². The second-order valence-electron chi connectivity index (χ2n) is 3.99. The Kier molecular flexibility index (Phi) is 3.68. The standard InChI is InChI=1S/C11H19NO4/c1-8-9(2)16-11(13-3)10(15-8)12-4-6-14-7-5-12/h10-11H,4-7H2,1-3H3. The lowest BCUT2D eigenvalue weighted by Crippen LogP contribution is -2.52. The number of rotatable bonds is 2. The molecule has 0 radical (unpaired) electrons. The van der Waals surface area contributed by atoms with E-state index in [1.54, 1.807) is 7.11 Å². The molecular formula is C11H19NO4. The van der Waals surface area contributed by atoms with Crippen molar-refractivity contribution in [2.45, 2.75) is 26.4 Å². The van der Waals surface area contributed by atoms with Crippen LogP contribution in [0.5, 0.6) is 0 Å². The lowest BCUT2D eigenvalue weighted by molar-refractivity contribution is -0.239. The predicted molar refractivity (Wildman–Crippen MR) is 57.5 cm³/mol. The molecule has 2 atom stereocenters. The second kappa shape index (κ2) is 5.03. The van der Waals surface area contributed by atoms with E-state index in [9.17, 15) is 0 Å². The van der Waals surface area contributed by atoms with Crippen molar-refractivity contribution in [1.29, 1.82) is 0 Å². The van der Waals surface area contributed by atoms with Crippen LogP contribution in [0.2, 0.25) is 0 Å². The second-order valence-corrected chi connectivity index (χ2v) is 3.99. The van der Waals surface area contributed by atoms with Gasteiger partial charge in [-0.25, -0.2) is 0 Å². The van der Waals surface area contributed by atoms with E-state index in [1.165, 1.54) is 0 Å². The summed E-state index contributed by atoms with van der Waals surface area (Å²) in [6.45, 7) is 6.96. The molecule has 92 valence electrons. The Morgan fingerprint density at radius 1 is 1.12 bits per heavy atom. The average Bonchev–Trinajstić information content (AvgIpc) is 2.33. The summed E-state index contributed by atoms with van der Waals surface area (Å²) in [5.41, 5.74) is 0. The summed E-state index contributed by atoms with van der Waals surface area (Å²) >= 11 is 0. The van der Waals surface area contributed by atoms with Gasteiger partial charge in [0.2, 0.25) is 6.23 Å². The van der Waals surface area contributed by atoms with E-state index in [0.717, 1.165) is 37.8 Å². The highest BCUT2D eigenvalue weighted by Crippen LogP contribution is 2.25. The summed E-state index contributed by atoms with van der Waals surface area (Å²) in [5.74, 6) is 1.61. The predicted octanol–water partition coefficient (Wildman–Crippen LogP) is 0.915. The van der Waals surface area contributed by atoms with Crippen LogP contribution in [-0.4, -0.2) is 50.8 Å². The van der Waals surface area contributed by atoms with Crippen LogP contribution >= 0.6 is 0 Å². The van der Waals surface area contributed by atoms with E-state index < -0.39 is 0 Å². The van der Waals surface area contributed by atoms with Gasteiger partial charge in [-0.2, -0.15) is 0 Å². The molecule has 1 saturated heterocycles. The van der Waals surface area contributed by atoms with Crippen molar-refractivity contribution in [3.8, 4) is 0 Å². The van der Waals surface area contributed by atoms with Crippen LogP contribution in [0.25, 0.3) is 0 Å². The Bertz CT molecular complexity index is 273. The zero-order valence-electron chi connectivity index (χ0n) is 10.1. The summed E-state index contributed by atoms with van der Waals surface area (Å²) in [6, 6.07) is 0. The number of ether oxygens (including phenoxy) is 4. The minimum atomic E-state index is -0.359. The fourth-order valence-electron chi connectivity index (χ4n) is 1.88. The van der Waals surface area contributed by atoms with Crippen molar-refractivity contribution in [2.75, 3.05) is 33.4 Å². The topological polar surface area (TPSA) is 40.2 Å². The minimum Gasteiger partial charge on any atom is -0.470 e. The third kappa shape index (κ3) is 2.31. The third-order valence-corrected chi connectivity index (χ3v) is 2.96. The molecule has 0 aromatic rings. The quantitative estimate of drug-likeness (QED) is 0.704. The van der Waals surface area contributed by atoms with Gasteiger partial charge in [0.05, 0.1) is 13.2 Å². The molecule has 0 N–H and O–H groups in total. The van der Waals surface area contributed by atoms with E-state index in [-0.39, 0.29) is 12.5 Å². The number of hydrogen-bond acceptors (Lipinski definition) is 5. The zero-order valence-corrected chi connectivity index (χ0v) is 10.1. The molecular weight excluding hydrogens is 210 g/mol. The number of morpholine rings is 1. The van der Waals surface area contributed by atoms with Gasteiger partial charge in [-0.15, -0.1) is 0 Å². The molecule has 2 aliphatic rings. The Hall–Kier alpha value is -0.780. The lowest BCUT2D eigenvalue weighted by Gasteiger charge is -2.40. The fraction of sp³-hybridized carbons (Fsp3) is 0.818. The molecule has 5 heteroatoms. The maximum Gasteiger partial charge on any atom is 0.250 e. The number of hydrogen-bond donors (Lipinski definition) is 0. The highest BCUT2D eigenvalue weighted by molar-refractivity contribution is 4.99. The maximum absolute atomic E-state index is 5.84. The van der Waals surface area contributed by atoms with Crippen LogP contribution in [0.1, 0.15) is 13.8 Å². The zero-order chi connectivity index (χ0) is 11.5. The van der Waals surface area contributed by atoms with Gasteiger partial charge in [0.15, 0.2) is 0 Å². The van der Waals surface area contributed by atoms with E-state index in [2.05, 4.69) is 4.90 Å². The molecule has 16 heavy (non-hydrogen) atoms. The van der Waals surface area contributed by atoms with Crippen molar-refractivity contribution >= 4 is 0 Å². The number of methoxy groups -OCH3 is 1. The van der Waals surface area contributed by atoms with Gasteiger partial charge in [-0.3, -0.25) is 4.90 Å². The molecule has 5 nitrogen and oxygen atoms in total. The van der Waals surface area contributed by atoms with E-state index in [1.807, 2.05) is 13.8 Å². The van der Waals surface area contributed by atoms with Gasteiger partial charge in [-0.05, 0) is 13.8 Å². The molecule has 2 unspecified atom stereocenters. The van der Waals surface area contributed by atoms with Crippen LogP contribution < -0.4 is 0 Å². The normalized spacial score (nSPS) is 32.2. The summed E-state index contributed by atoms with van der Waals surface area (Å²) in [5, 5.41) is 0. The van der Waals surface area contributed by atoms with Crippen LogP contribution in [0.3, 0.4) is 0 Å². The summed E-state index contributed by atoms with van der Waals surface area (Å²) in [6.07, 6.45) is -0.528. The Balaban J connectivity index is 2.06. The van der Waals surface area contributed by atoms with Crippen molar-refractivity contribution < 1.29 is 18.9 Å². The van der Waals surface area contributed by atoms with Crippen molar-refractivity contribution in [1.82, 2.24) is 4.90 Å². The molecule has 2 rings (SSSR count). The summed E-state index contributed by atoms with van der Waals surface area (Å²) in [4.78, 5) is 2.19. The van der Waals surface area contributed by atoms with Crippen molar-refractivity contribution in [2.24, 2.45) is 0 Å². The van der Waals surface area contributed by atoms with E-state index in [4.69, 9.17) is 18.9 Å². The summed E-state index contributed by atoms with van der Waals surface area (Å²) < 4.78 is 22.1. The van der Waals surface area contributed by atoms with Crippen LogP contribution in [0.4, 0.5) is 0 Å². The van der Waals surface area contributed by atoms with Gasteiger partial charge in [0, 0.05) is 20.2 Å². The lowest BCUT2D eigenvalue weighted by atomic mass is 10.3. The Morgan fingerprint density at radius 3 is 2.38 bits per heavy atom. The van der Waals surface area contributed by atoms with Crippen LogP contribution in [-0.2, 0) is 18.9 Å². The first-order chi connectivity index (χ1) is 7.72. The van der Waals surface area contributed by atoms with Crippen LogP contribution in [0.15, 0.2) is 11.5 Å². The average molecular weight is 229 g/mol. The molecule has 1 fully saturated rings. The Labute approximate surface area is 95.9 Å². The molecule has 0 aliphatic carbocycles. The minimum absolute atomic E-state index is 0.169. The number of nitrogens with zero attached hydrogens (tertiary/aromatic N) is 1. The highest BCUT2D eigenvalue weighted by atomic mass is 16.7. The molecule has 0 aromatic heterocycles. The van der Waals surface area contributed by atoms with Gasteiger partial charge in [0.1, 0.15) is 11.5 Å². The summed E-state index contributed by atoms with van der Waals surface area (Å²) in [7, 11) is 1.63. The van der Waals surface area contributed by atoms with Gasteiger partial charge in [0.25, 0.3) is 6.29 Å². The van der Waals surface area contributed by atoms with Crippen molar-refractivity contribution in [3.63, 3.8) is 0 Å². The Morgan fingerprint density at radius 2 is 1.75 bits per heavy atom. The van der Waals surface area contributed by atoms with E-state index >= 15 is 0 Å². The fourth-order valence-corrected chi connectivity index (χ4v) is 1.88. The molecule has 0 amide bonds. The number of allylic oxidation sites excluding steroid dienone is 2. The monoisotopic (exact) mass is 229 g/mol. The smallest absolute Gasteiger partial charge is 0.250 e. The molecule has 2 heterocycles. The third-order valence-electron chi connectivity index (χ3n) is 2.96. The SMILES string of the molecule is COC1OC(C)=C(C)OC1N1CCOCC1. The molecule has 0 saturated carbocycles. The first-order valence-corrected chi connectivity index (χ1v) is 5.57. The van der Waals surface area contributed by atoms with E-state index in [0.29, 0.717) is 0 Å². The maximum atomic E-state index is 5.84. The molecule has 2 aliphatic heterocycles. The molecule has 0 aromatic carbocycles. The van der Waals surface area contributed by atoms with Gasteiger partial charge >= 0.3 is 0 Å². The van der Waals surface area contributed by atoms with Gasteiger partial charge < -0.3 is 18.9 Å². The first kappa shape index (κ1) is 11.7. The van der Waals surface area contributed by atoms with Crippen LogP contribution in [0, 0.1) is 0 Å². The first-order valence-electron chi connectivity index (χ1n) is 5.57. The van der Waals surface area contributed by atoms with Crippen molar-refractivity contribution in [3.05, 3.63) is 11.5 Å². The largest absolute Gasteiger partial charge is 0.470 e. The highest BCUT2D eigenvalue weighted by Gasteiger charge is 2.35.